The fourth-order valence-electron chi connectivity index (χ4n) is 2.27. The zero-order chi connectivity index (χ0) is 10.8. The van der Waals surface area contributed by atoms with Gasteiger partial charge in [-0.3, -0.25) is 0 Å². The number of aromatic amines is 1. The molecule has 0 saturated heterocycles. The Morgan fingerprint density at radius 1 is 1.60 bits per heavy atom. The van der Waals surface area contributed by atoms with Gasteiger partial charge in [-0.25, -0.2) is 4.98 Å². The molecule has 0 fully saturated rings. The summed E-state index contributed by atoms with van der Waals surface area (Å²) >= 11 is 0. The number of nitrogens with two attached hydrogens (primary N) is 1. The predicted octanol–water partition coefficient (Wildman–Crippen LogP) is 0.970. The van der Waals surface area contributed by atoms with Crippen molar-refractivity contribution in [3.63, 3.8) is 0 Å². The highest BCUT2D eigenvalue weighted by atomic mass is 15.0. The van der Waals surface area contributed by atoms with Gasteiger partial charge in [-0.05, 0) is 12.3 Å². The summed E-state index contributed by atoms with van der Waals surface area (Å²) in [5, 5.41) is 3.57. The van der Waals surface area contributed by atoms with E-state index in [4.69, 9.17) is 5.73 Å². The van der Waals surface area contributed by atoms with Gasteiger partial charge in [0.2, 0.25) is 0 Å². The summed E-state index contributed by atoms with van der Waals surface area (Å²) < 4.78 is 0. The van der Waals surface area contributed by atoms with Crippen LogP contribution >= 0.6 is 0 Å². The summed E-state index contributed by atoms with van der Waals surface area (Å²) in [4.78, 5) is 7.62. The fourth-order valence-corrected chi connectivity index (χ4v) is 2.27. The second kappa shape index (κ2) is 4.33. The molecular formula is C11H20N4. The summed E-state index contributed by atoms with van der Waals surface area (Å²) in [5.74, 6) is 0.670. The number of H-pyrrole nitrogens is 1. The third-order valence-corrected chi connectivity index (χ3v) is 2.96. The zero-order valence-electron chi connectivity index (χ0n) is 9.46. The normalized spacial score (nSPS) is 25.6. The van der Waals surface area contributed by atoms with E-state index in [1.165, 1.54) is 11.4 Å². The Morgan fingerprint density at radius 2 is 2.40 bits per heavy atom. The van der Waals surface area contributed by atoms with E-state index in [1.54, 1.807) is 6.33 Å². The van der Waals surface area contributed by atoms with Crippen molar-refractivity contribution in [1.29, 1.82) is 0 Å². The molecule has 0 radical (unpaired) electrons. The van der Waals surface area contributed by atoms with Crippen LogP contribution in [0.15, 0.2) is 6.33 Å². The highest BCUT2D eigenvalue weighted by Gasteiger charge is 2.27. The van der Waals surface area contributed by atoms with Gasteiger partial charge in [0.15, 0.2) is 0 Å². The lowest BCUT2D eigenvalue weighted by Gasteiger charge is -2.30. The van der Waals surface area contributed by atoms with Gasteiger partial charge in [0.1, 0.15) is 0 Å². The molecule has 0 bridgehead atoms. The smallest absolute Gasteiger partial charge is 0.0925 e. The largest absolute Gasteiger partial charge is 0.348 e. The first kappa shape index (κ1) is 10.6. The van der Waals surface area contributed by atoms with Gasteiger partial charge in [-0.2, -0.15) is 0 Å². The number of hydrogen-bond donors (Lipinski definition) is 3. The second-order valence-electron chi connectivity index (χ2n) is 4.75. The Labute approximate surface area is 90.7 Å². The Kier molecular flexibility index (Phi) is 3.07. The molecule has 2 unspecified atom stereocenters. The van der Waals surface area contributed by atoms with E-state index in [2.05, 4.69) is 29.1 Å². The summed E-state index contributed by atoms with van der Waals surface area (Å²) in [6.07, 6.45) is 3.88. The lowest BCUT2D eigenvalue weighted by Crippen LogP contribution is -2.44. The number of imidazole rings is 1. The summed E-state index contributed by atoms with van der Waals surface area (Å²) in [5.41, 5.74) is 8.17. The third kappa shape index (κ3) is 2.21. The molecule has 0 saturated carbocycles. The molecule has 0 spiro atoms. The Morgan fingerprint density at radius 3 is 3.07 bits per heavy atom. The SMILES string of the molecule is CC(C)CC1NC(CN)Cc2[nH]cnc21. The Bertz CT molecular complexity index is 318. The molecule has 2 rings (SSSR count). The van der Waals surface area contributed by atoms with E-state index in [9.17, 15) is 0 Å². The molecule has 1 aromatic heterocycles. The average molecular weight is 208 g/mol. The van der Waals surface area contributed by atoms with E-state index in [0.29, 0.717) is 24.5 Å². The number of hydrogen-bond acceptors (Lipinski definition) is 3. The molecule has 0 aromatic carbocycles. The van der Waals surface area contributed by atoms with E-state index < -0.39 is 0 Å². The summed E-state index contributed by atoms with van der Waals surface area (Å²) in [6, 6.07) is 0.759. The molecule has 4 nitrogen and oxygen atoms in total. The maximum Gasteiger partial charge on any atom is 0.0925 e. The molecular weight excluding hydrogens is 188 g/mol. The molecule has 1 aliphatic rings. The van der Waals surface area contributed by atoms with Gasteiger partial charge in [-0.1, -0.05) is 13.8 Å². The Balaban J connectivity index is 2.17. The molecule has 0 aliphatic carbocycles. The average Bonchev–Trinajstić information content (AvgIpc) is 2.64. The van der Waals surface area contributed by atoms with Crippen LogP contribution in [0.5, 0.6) is 0 Å². The topological polar surface area (TPSA) is 66.7 Å². The van der Waals surface area contributed by atoms with Crippen LogP contribution in [0.25, 0.3) is 0 Å². The van der Waals surface area contributed by atoms with Crippen molar-refractivity contribution >= 4 is 0 Å². The minimum absolute atomic E-state index is 0.369. The van der Waals surface area contributed by atoms with Crippen LogP contribution in [0.2, 0.25) is 0 Å². The minimum atomic E-state index is 0.369. The van der Waals surface area contributed by atoms with Crippen molar-refractivity contribution in [2.24, 2.45) is 11.7 Å². The van der Waals surface area contributed by atoms with Crippen molar-refractivity contribution in [2.75, 3.05) is 6.54 Å². The molecule has 15 heavy (non-hydrogen) atoms. The first-order chi connectivity index (χ1) is 7.20. The van der Waals surface area contributed by atoms with E-state index in [0.717, 1.165) is 12.8 Å². The van der Waals surface area contributed by atoms with Crippen LogP contribution < -0.4 is 11.1 Å². The van der Waals surface area contributed by atoms with Crippen molar-refractivity contribution in [3.05, 3.63) is 17.7 Å². The van der Waals surface area contributed by atoms with Crippen molar-refractivity contribution in [1.82, 2.24) is 15.3 Å². The summed E-state index contributed by atoms with van der Waals surface area (Å²) in [7, 11) is 0. The molecule has 1 aromatic rings. The second-order valence-corrected chi connectivity index (χ2v) is 4.75. The number of nitrogens with zero attached hydrogens (tertiary/aromatic N) is 1. The molecule has 4 heteroatoms. The number of fused-ring (bicyclic) bond motifs is 1. The molecule has 2 heterocycles. The Hall–Kier alpha value is -0.870. The van der Waals surface area contributed by atoms with Gasteiger partial charge < -0.3 is 16.0 Å². The number of aromatic nitrogens is 2. The molecule has 1 aliphatic heterocycles. The predicted molar refractivity (Wildman–Crippen MR) is 60.5 cm³/mol. The highest BCUT2D eigenvalue weighted by molar-refractivity contribution is 5.21. The lowest BCUT2D eigenvalue weighted by molar-refractivity contribution is 0.349. The summed E-state index contributed by atoms with van der Waals surface area (Å²) in [6.45, 7) is 5.16. The van der Waals surface area contributed by atoms with Gasteiger partial charge in [0, 0.05) is 24.7 Å². The number of nitrogens with one attached hydrogen (secondary N) is 2. The third-order valence-electron chi connectivity index (χ3n) is 2.96. The first-order valence-corrected chi connectivity index (χ1v) is 5.69. The lowest BCUT2D eigenvalue weighted by atomic mass is 9.93. The van der Waals surface area contributed by atoms with Crippen LogP contribution in [-0.4, -0.2) is 22.6 Å². The molecule has 4 N–H and O–H groups in total. The minimum Gasteiger partial charge on any atom is -0.348 e. The van der Waals surface area contributed by atoms with Crippen molar-refractivity contribution in [3.8, 4) is 0 Å². The van der Waals surface area contributed by atoms with Crippen LogP contribution in [0.1, 0.15) is 37.7 Å². The van der Waals surface area contributed by atoms with Gasteiger partial charge >= 0.3 is 0 Å². The molecule has 2 atom stereocenters. The zero-order valence-corrected chi connectivity index (χ0v) is 9.46. The van der Waals surface area contributed by atoms with E-state index in [-0.39, 0.29) is 0 Å². The van der Waals surface area contributed by atoms with Crippen LogP contribution in [0, 0.1) is 5.92 Å². The van der Waals surface area contributed by atoms with Gasteiger partial charge in [0.25, 0.3) is 0 Å². The molecule has 0 amide bonds. The standard InChI is InChI=1S/C11H20N4/c1-7(2)3-10-11-9(13-6-14-11)4-8(5-12)15-10/h6-8,10,15H,3-5,12H2,1-2H3,(H,13,14). The van der Waals surface area contributed by atoms with Gasteiger partial charge in [-0.15, -0.1) is 0 Å². The fraction of sp³-hybridized carbons (Fsp3) is 0.727. The van der Waals surface area contributed by atoms with Crippen molar-refractivity contribution in [2.45, 2.75) is 38.8 Å². The van der Waals surface area contributed by atoms with Crippen LogP contribution in [0.4, 0.5) is 0 Å². The van der Waals surface area contributed by atoms with Gasteiger partial charge in [0.05, 0.1) is 18.1 Å². The van der Waals surface area contributed by atoms with E-state index in [1.807, 2.05) is 0 Å². The van der Waals surface area contributed by atoms with Crippen LogP contribution in [-0.2, 0) is 6.42 Å². The monoisotopic (exact) mass is 208 g/mol. The highest BCUT2D eigenvalue weighted by Crippen LogP contribution is 2.27. The maximum absolute atomic E-state index is 5.73. The van der Waals surface area contributed by atoms with Crippen LogP contribution in [0.3, 0.4) is 0 Å². The quantitative estimate of drug-likeness (QED) is 0.693. The first-order valence-electron chi connectivity index (χ1n) is 5.69. The number of rotatable bonds is 3. The van der Waals surface area contributed by atoms with E-state index >= 15 is 0 Å². The van der Waals surface area contributed by atoms with Crippen molar-refractivity contribution < 1.29 is 0 Å². The molecule has 84 valence electrons. The maximum atomic E-state index is 5.73.